The van der Waals surface area contributed by atoms with Crippen molar-refractivity contribution in [3.8, 4) is 0 Å². The van der Waals surface area contributed by atoms with E-state index in [0.717, 1.165) is 19.5 Å². The lowest BCUT2D eigenvalue weighted by molar-refractivity contribution is -0.137. The zero-order valence-corrected chi connectivity index (χ0v) is 13.4. The molecule has 1 aliphatic rings. The predicted molar refractivity (Wildman–Crippen MR) is 85.1 cm³/mol. The molecule has 1 aromatic rings. The van der Waals surface area contributed by atoms with Gasteiger partial charge in [0.2, 0.25) is 5.91 Å². The molecule has 1 unspecified atom stereocenters. The van der Waals surface area contributed by atoms with Gasteiger partial charge in [-0.2, -0.15) is 0 Å². The van der Waals surface area contributed by atoms with E-state index in [1.54, 1.807) is 0 Å². The van der Waals surface area contributed by atoms with Crippen LogP contribution in [-0.2, 0) is 11.3 Å². The van der Waals surface area contributed by atoms with Crippen LogP contribution < -0.4 is 5.32 Å². The number of nitrogens with zero attached hydrogens (tertiary/aromatic N) is 1. The molecule has 0 aliphatic carbocycles. The Balaban J connectivity index is 0.00000200. The molecule has 112 valence electrons. The fourth-order valence-electron chi connectivity index (χ4n) is 2.62. The zero-order chi connectivity index (χ0) is 13.8. The summed E-state index contributed by atoms with van der Waals surface area (Å²) in [6.07, 6.45) is 0.968. The molecule has 1 N–H and O–H groups in total. The smallest absolute Gasteiger partial charge is 0.227 e. The van der Waals surface area contributed by atoms with Crippen LogP contribution in [-0.4, -0.2) is 29.9 Å². The highest BCUT2D eigenvalue weighted by atomic mass is 35.5. The van der Waals surface area contributed by atoms with Gasteiger partial charge in [0, 0.05) is 19.1 Å². The van der Waals surface area contributed by atoms with Gasteiger partial charge in [-0.05, 0) is 39.3 Å². The molecule has 1 heterocycles. The molecule has 1 saturated heterocycles. The first-order valence-electron chi connectivity index (χ1n) is 7.14. The van der Waals surface area contributed by atoms with Gasteiger partial charge in [-0.3, -0.25) is 4.79 Å². The third kappa shape index (κ3) is 4.22. The Morgan fingerprint density at radius 1 is 1.45 bits per heavy atom. The van der Waals surface area contributed by atoms with Crippen molar-refractivity contribution >= 4 is 18.3 Å². The Kier molecular flexibility index (Phi) is 6.50. The molecule has 20 heavy (non-hydrogen) atoms. The first kappa shape index (κ1) is 17.0. The van der Waals surface area contributed by atoms with Crippen molar-refractivity contribution in [2.75, 3.05) is 13.1 Å². The lowest BCUT2D eigenvalue weighted by Gasteiger charge is -2.29. The highest BCUT2D eigenvalue weighted by molar-refractivity contribution is 5.85. The van der Waals surface area contributed by atoms with E-state index in [1.807, 2.05) is 4.90 Å². The number of aryl methyl sites for hydroxylation is 1. The van der Waals surface area contributed by atoms with Crippen LogP contribution in [0.2, 0.25) is 0 Å². The Bertz CT molecular complexity index is 442. The van der Waals surface area contributed by atoms with Gasteiger partial charge in [-0.15, -0.1) is 12.4 Å². The normalized spacial score (nSPS) is 17.9. The SMILES string of the molecule is Cc1cccc(CN(C(=O)C2CCNC2)C(C)C)c1.Cl. The third-order valence-corrected chi connectivity index (χ3v) is 3.75. The molecule has 1 aromatic carbocycles. The number of nitrogens with one attached hydrogen (secondary N) is 1. The second-order valence-corrected chi connectivity index (χ2v) is 5.74. The monoisotopic (exact) mass is 296 g/mol. The molecule has 0 bridgehead atoms. The van der Waals surface area contributed by atoms with Crippen LogP contribution in [0.5, 0.6) is 0 Å². The largest absolute Gasteiger partial charge is 0.336 e. The molecule has 1 fully saturated rings. The highest BCUT2D eigenvalue weighted by Crippen LogP contribution is 2.17. The first-order chi connectivity index (χ1) is 9.08. The lowest BCUT2D eigenvalue weighted by atomic mass is 10.0. The van der Waals surface area contributed by atoms with Gasteiger partial charge >= 0.3 is 0 Å². The minimum absolute atomic E-state index is 0. The second-order valence-electron chi connectivity index (χ2n) is 5.74. The number of hydrogen-bond acceptors (Lipinski definition) is 2. The molecule has 0 saturated carbocycles. The summed E-state index contributed by atoms with van der Waals surface area (Å²) in [5, 5.41) is 3.27. The molecule has 0 spiro atoms. The summed E-state index contributed by atoms with van der Waals surface area (Å²) in [6.45, 7) is 8.79. The summed E-state index contributed by atoms with van der Waals surface area (Å²) in [7, 11) is 0. The van der Waals surface area contributed by atoms with E-state index >= 15 is 0 Å². The van der Waals surface area contributed by atoms with Crippen LogP contribution in [0.3, 0.4) is 0 Å². The summed E-state index contributed by atoms with van der Waals surface area (Å²) in [5.74, 6) is 0.453. The van der Waals surface area contributed by atoms with Gasteiger partial charge < -0.3 is 10.2 Å². The molecule has 1 atom stereocenters. The number of halogens is 1. The summed E-state index contributed by atoms with van der Waals surface area (Å²) in [4.78, 5) is 14.6. The molecule has 0 aromatic heterocycles. The maximum absolute atomic E-state index is 12.6. The number of carbonyl (C=O) groups excluding carboxylic acids is 1. The highest BCUT2D eigenvalue weighted by Gasteiger charge is 2.28. The van der Waals surface area contributed by atoms with Crippen molar-refractivity contribution in [3.05, 3.63) is 35.4 Å². The van der Waals surface area contributed by atoms with E-state index in [1.165, 1.54) is 11.1 Å². The Labute approximate surface area is 128 Å². The van der Waals surface area contributed by atoms with Crippen molar-refractivity contribution in [2.24, 2.45) is 5.92 Å². The summed E-state index contributed by atoms with van der Waals surface area (Å²) < 4.78 is 0. The number of benzene rings is 1. The second kappa shape index (κ2) is 7.65. The van der Waals surface area contributed by atoms with Crippen molar-refractivity contribution in [3.63, 3.8) is 0 Å². The molecular formula is C16H25ClN2O. The topological polar surface area (TPSA) is 32.3 Å². The van der Waals surface area contributed by atoms with Crippen LogP contribution in [0.1, 0.15) is 31.4 Å². The van der Waals surface area contributed by atoms with E-state index < -0.39 is 0 Å². The van der Waals surface area contributed by atoms with Crippen LogP contribution in [0.25, 0.3) is 0 Å². The van der Waals surface area contributed by atoms with E-state index in [2.05, 4.69) is 50.4 Å². The van der Waals surface area contributed by atoms with Gasteiger partial charge in [0.1, 0.15) is 0 Å². The average molecular weight is 297 g/mol. The Hall–Kier alpha value is -1.06. The first-order valence-corrected chi connectivity index (χ1v) is 7.14. The molecule has 2 rings (SSSR count). The number of hydrogen-bond donors (Lipinski definition) is 1. The predicted octanol–water partition coefficient (Wildman–Crippen LogP) is 2.76. The van der Waals surface area contributed by atoms with Gasteiger partial charge in [-0.1, -0.05) is 29.8 Å². The molecule has 1 amide bonds. The van der Waals surface area contributed by atoms with Gasteiger partial charge in [-0.25, -0.2) is 0 Å². The standard InChI is InChI=1S/C16H24N2O.ClH/c1-12(2)18(16(19)15-7-8-17-10-15)11-14-6-4-5-13(3)9-14;/h4-6,9,12,15,17H,7-8,10-11H2,1-3H3;1H. The maximum atomic E-state index is 12.6. The van der Waals surface area contributed by atoms with Crippen molar-refractivity contribution in [2.45, 2.75) is 39.8 Å². The summed E-state index contributed by atoms with van der Waals surface area (Å²) in [5.41, 5.74) is 2.46. The lowest BCUT2D eigenvalue weighted by Crippen LogP contribution is -2.41. The van der Waals surface area contributed by atoms with E-state index in [0.29, 0.717) is 12.5 Å². The molecular weight excluding hydrogens is 272 g/mol. The van der Waals surface area contributed by atoms with Crippen LogP contribution in [0.15, 0.2) is 24.3 Å². The fourth-order valence-corrected chi connectivity index (χ4v) is 2.62. The van der Waals surface area contributed by atoms with Gasteiger partial charge in [0.05, 0.1) is 5.92 Å². The van der Waals surface area contributed by atoms with Crippen molar-refractivity contribution in [1.82, 2.24) is 10.2 Å². The zero-order valence-electron chi connectivity index (χ0n) is 12.6. The third-order valence-electron chi connectivity index (χ3n) is 3.75. The van der Waals surface area contributed by atoms with Crippen molar-refractivity contribution in [1.29, 1.82) is 0 Å². The quantitative estimate of drug-likeness (QED) is 0.926. The minimum atomic E-state index is 0. The molecule has 0 radical (unpaired) electrons. The number of carbonyl (C=O) groups is 1. The van der Waals surface area contributed by atoms with Gasteiger partial charge in [0.25, 0.3) is 0 Å². The van der Waals surface area contributed by atoms with Crippen LogP contribution in [0, 0.1) is 12.8 Å². The van der Waals surface area contributed by atoms with Crippen LogP contribution >= 0.6 is 12.4 Å². The van der Waals surface area contributed by atoms with Crippen molar-refractivity contribution < 1.29 is 4.79 Å². The molecule has 1 aliphatic heterocycles. The van der Waals surface area contributed by atoms with E-state index in [-0.39, 0.29) is 24.4 Å². The maximum Gasteiger partial charge on any atom is 0.227 e. The number of rotatable bonds is 4. The molecule has 4 heteroatoms. The van der Waals surface area contributed by atoms with E-state index in [9.17, 15) is 4.79 Å². The molecule has 3 nitrogen and oxygen atoms in total. The average Bonchev–Trinajstić information content (AvgIpc) is 2.88. The number of amides is 1. The summed E-state index contributed by atoms with van der Waals surface area (Å²) in [6, 6.07) is 8.66. The fraction of sp³-hybridized carbons (Fsp3) is 0.562. The van der Waals surface area contributed by atoms with Gasteiger partial charge in [0.15, 0.2) is 0 Å². The van der Waals surface area contributed by atoms with E-state index in [4.69, 9.17) is 0 Å². The summed E-state index contributed by atoms with van der Waals surface area (Å²) >= 11 is 0. The Morgan fingerprint density at radius 3 is 2.75 bits per heavy atom. The van der Waals surface area contributed by atoms with Crippen LogP contribution in [0.4, 0.5) is 0 Å². The minimum Gasteiger partial charge on any atom is -0.336 e. The Morgan fingerprint density at radius 2 is 2.20 bits per heavy atom.